The topological polar surface area (TPSA) is 212 Å². The van der Waals surface area contributed by atoms with Crippen LogP contribution in [0.4, 0.5) is 0 Å². The average Bonchev–Trinajstić information content (AvgIpc) is 3.31. The van der Waals surface area contributed by atoms with Gasteiger partial charge in [0.2, 0.25) is 6.29 Å². The number of benzene rings is 2. The molecule has 8 atom stereocenters. The molecule has 2 aliphatic rings. The van der Waals surface area contributed by atoms with Gasteiger partial charge < -0.3 is 68.5 Å². The number of hydrogen-bond donors (Lipinski definition) is 6. The molecule has 4 rings (SSSR count). The Morgan fingerprint density at radius 2 is 1.56 bits per heavy atom. The van der Waals surface area contributed by atoms with Crippen LogP contribution in [0.25, 0.3) is 0 Å². The molecule has 6 N–H and O–H groups in total. The van der Waals surface area contributed by atoms with E-state index >= 15 is 0 Å². The number of carbonyl (C=O) groups is 1. The molecule has 0 amide bonds. The Morgan fingerprint density at radius 3 is 2.23 bits per heavy atom. The normalized spacial score (nSPS) is 30.5. The molecule has 2 aliphatic heterocycles. The minimum atomic E-state index is -2.03. The molecule has 43 heavy (non-hydrogen) atoms. The molecular weight excluding hydrogens is 576 g/mol. The van der Waals surface area contributed by atoms with Crippen LogP contribution < -0.4 is 18.9 Å². The van der Waals surface area contributed by atoms with Crippen LogP contribution in [0.3, 0.4) is 0 Å². The lowest BCUT2D eigenvalue weighted by molar-refractivity contribution is -0.289. The summed E-state index contributed by atoms with van der Waals surface area (Å²) in [6, 6.07) is 8.91. The summed E-state index contributed by atoms with van der Waals surface area (Å²) in [5.41, 5.74) is -1.37. The largest absolute Gasteiger partial charge is 0.493 e. The second kappa shape index (κ2) is 14.0. The van der Waals surface area contributed by atoms with Crippen LogP contribution in [0.1, 0.15) is 15.9 Å². The lowest BCUT2D eigenvalue weighted by Crippen LogP contribution is -2.60. The van der Waals surface area contributed by atoms with Crippen LogP contribution in [0.5, 0.6) is 23.0 Å². The maximum Gasteiger partial charge on any atom is 0.338 e. The Kier molecular flexibility index (Phi) is 10.7. The molecule has 0 aromatic heterocycles. The Morgan fingerprint density at radius 1 is 0.884 bits per heavy atom. The molecule has 2 saturated heterocycles. The summed E-state index contributed by atoms with van der Waals surface area (Å²) in [6.07, 6.45) is -10.8. The van der Waals surface area contributed by atoms with Crippen molar-refractivity contribution in [3.63, 3.8) is 0 Å². The minimum Gasteiger partial charge on any atom is -0.493 e. The SMILES string of the molecule is COc1ccc(C(=O)OC[C@@]2(O)CO[C@@H](OC[C@H]3O[C@@H](Oc4ccc(CO)cc4OC)[C@H](O)[C@@H](O)[C@@H]3O)[C@@H]2O)cc1OC. The number of esters is 1. The van der Waals surface area contributed by atoms with Gasteiger partial charge in [0.25, 0.3) is 0 Å². The highest BCUT2D eigenvalue weighted by atomic mass is 16.7. The summed E-state index contributed by atoms with van der Waals surface area (Å²) in [5, 5.41) is 62.3. The number of aliphatic hydroxyl groups is 6. The molecule has 0 aliphatic carbocycles. The van der Waals surface area contributed by atoms with E-state index in [1.165, 1.54) is 51.7 Å². The predicted octanol–water partition coefficient (Wildman–Crippen LogP) is -1.29. The van der Waals surface area contributed by atoms with Crippen molar-refractivity contribution in [3.05, 3.63) is 47.5 Å². The lowest BCUT2D eigenvalue weighted by atomic mass is 9.99. The molecule has 0 saturated carbocycles. The van der Waals surface area contributed by atoms with Crippen LogP contribution in [-0.4, -0.2) is 126 Å². The summed E-state index contributed by atoms with van der Waals surface area (Å²) in [4.78, 5) is 12.6. The zero-order valence-corrected chi connectivity index (χ0v) is 23.7. The highest BCUT2D eigenvalue weighted by Crippen LogP contribution is 2.33. The summed E-state index contributed by atoms with van der Waals surface area (Å²) in [5.74, 6) is 0.259. The van der Waals surface area contributed by atoms with Crippen LogP contribution in [-0.2, 0) is 25.6 Å². The summed E-state index contributed by atoms with van der Waals surface area (Å²) < 4.78 is 43.0. The molecule has 2 aromatic carbocycles. The summed E-state index contributed by atoms with van der Waals surface area (Å²) in [6.45, 7) is -1.80. The molecule has 2 aromatic rings. The van der Waals surface area contributed by atoms with Crippen molar-refractivity contribution < 1.29 is 73.3 Å². The molecule has 0 unspecified atom stereocenters. The van der Waals surface area contributed by atoms with Gasteiger partial charge in [0.05, 0.1) is 46.7 Å². The van der Waals surface area contributed by atoms with Gasteiger partial charge >= 0.3 is 5.97 Å². The lowest BCUT2D eigenvalue weighted by Gasteiger charge is -2.40. The third-order valence-corrected chi connectivity index (χ3v) is 7.13. The minimum absolute atomic E-state index is 0.116. The third-order valence-electron chi connectivity index (χ3n) is 7.13. The van der Waals surface area contributed by atoms with Crippen molar-refractivity contribution in [1.29, 1.82) is 0 Å². The molecular formula is C28H36O15. The van der Waals surface area contributed by atoms with E-state index in [9.17, 15) is 35.4 Å². The zero-order valence-electron chi connectivity index (χ0n) is 23.7. The van der Waals surface area contributed by atoms with E-state index in [4.69, 9.17) is 37.9 Å². The van der Waals surface area contributed by atoms with E-state index in [1.807, 2.05) is 0 Å². The summed E-state index contributed by atoms with van der Waals surface area (Å²) >= 11 is 0. The smallest absolute Gasteiger partial charge is 0.338 e. The van der Waals surface area contributed by atoms with Crippen molar-refractivity contribution in [2.45, 2.75) is 55.3 Å². The Balaban J connectivity index is 1.34. The van der Waals surface area contributed by atoms with Gasteiger partial charge in [-0.25, -0.2) is 4.79 Å². The van der Waals surface area contributed by atoms with Gasteiger partial charge in [-0.15, -0.1) is 0 Å². The molecule has 0 spiro atoms. The number of hydrogen-bond acceptors (Lipinski definition) is 15. The number of rotatable bonds is 12. The van der Waals surface area contributed by atoms with Gasteiger partial charge in [-0.05, 0) is 35.9 Å². The predicted molar refractivity (Wildman–Crippen MR) is 143 cm³/mol. The monoisotopic (exact) mass is 612 g/mol. The molecule has 238 valence electrons. The van der Waals surface area contributed by atoms with E-state index in [0.29, 0.717) is 17.1 Å². The fraction of sp³-hybridized carbons (Fsp3) is 0.536. The van der Waals surface area contributed by atoms with Crippen molar-refractivity contribution in [2.75, 3.05) is 41.2 Å². The Labute approximate surface area is 246 Å². The maximum absolute atomic E-state index is 12.6. The Hall–Kier alpha value is -3.25. The van der Waals surface area contributed by atoms with E-state index in [2.05, 4.69) is 0 Å². The van der Waals surface area contributed by atoms with Crippen LogP contribution in [0.15, 0.2) is 36.4 Å². The van der Waals surface area contributed by atoms with Gasteiger partial charge in [-0.3, -0.25) is 0 Å². The molecule has 15 heteroatoms. The van der Waals surface area contributed by atoms with Gasteiger partial charge in [0.15, 0.2) is 34.9 Å². The molecule has 2 fully saturated rings. The molecule has 0 bridgehead atoms. The maximum atomic E-state index is 12.6. The van der Waals surface area contributed by atoms with Crippen LogP contribution >= 0.6 is 0 Å². The van der Waals surface area contributed by atoms with Crippen molar-refractivity contribution >= 4 is 5.97 Å². The highest BCUT2D eigenvalue weighted by Gasteiger charge is 2.51. The fourth-order valence-electron chi connectivity index (χ4n) is 4.53. The van der Waals surface area contributed by atoms with Crippen LogP contribution in [0, 0.1) is 0 Å². The molecule has 15 nitrogen and oxygen atoms in total. The third kappa shape index (κ3) is 7.12. The quantitative estimate of drug-likeness (QED) is 0.154. The van der Waals surface area contributed by atoms with Crippen molar-refractivity contribution in [1.82, 2.24) is 0 Å². The first-order valence-electron chi connectivity index (χ1n) is 13.2. The molecule has 0 radical (unpaired) electrons. The van der Waals surface area contributed by atoms with Crippen LogP contribution in [0.2, 0.25) is 0 Å². The van der Waals surface area contributed by atoms with Gasteiger partial charge in [-0.2, -0.15) is 0 Å². The van der Waals surface area contributed by atoms with E-state index in [-0.39, 0.29) is 23.7 Å². The zero-order chi connectivity index (χ0) is 31.3. The van der Waals surface area contributed by atoms with Gasteiger partial charge in [-0.1, -0.05) is 6.07 Å². The highest BCUT2D eigenvalue weighted by molar-refractivity contribution is 5.90. The number of ether oxygens (including phenoxy) is 8. The van der Waals surface area contributed by atoms with E-state index < -0.39 is 74.5 Å². The number of methoxy groups -OCH3 is 3. The van der Waals surface area contributed by atoms with E-state index in [0.717, 1.165) is 0 Å². The van der Waals surface area contributed by atoms with Gasteiger partial charge in [0, 0.05) is 0 Å². The standard InChI is InChI=1S/C28H36O15/c1-36-16-7-5-15(9-19(16)38-3)25(34)40-12-28(35)13-41-27(24(28)33)39-11-20-21(30)22(31)23(32)26(43-20)42-17-6-4-14(10-29)8-18(17)37-2/h4-9,20-24,26-27,29-33,35H,10-13H2,1-3H3/t20-,21-,22+,23-,24+,26-,27-,28-/m1/s1. The van der Waals surface area contributed by atoms with Crippen molar-refractivity contribution in [3.8, 4) is 23.0 Å². The van der Waals surface area contributed by atoms with Crippen molar-refractivity contribution in [2.24, 2.45) is 0 Å². The summed E-state index contributed by atoms with van der Waals surface area (Å²) in [7, 11) is 4.23. The first-order chi connectivity index (χ1) is 20.5. The Bertz CT molecular complexity index is 1240. The number of aliphatic hydroxyl groups excluding tert-OH is 5. The molecule has 2 heterocycles. The first kappa shape index (κ1) is 32.7. The van der Waals surface area contributed by atoms with Gasteiger partial charge in [0.1, 0.15) is 37.1 Å². The average molecular weight is 613 g/mol. The van der Waals surface area contributed by atoms with E-state index in [1.54, 1.807) is 6.07 Å². The number of carbonyl (C=O) groups excluding carboxylic acids is 1. The first-order valence-corrected chi connectivity index (χ1v) is 13.2. The fourth-order valence-corrected chi connectivity index (χ4v) is 4.53. The second-order valence-corrected chi connectivity index (χ2v) is 9.98. The second-order valence-electron chi connectivity index (χ2n) is 9.98.